The zero-order valence-electron chi connectivity index (χ0n) is 21.8. The van der Waals surface area contributed by atoms with E-state index in [1.165, 1.54) is 18.2 Å². The number of hydrogen-bond donors (Lipinski definition) is 6. The Balaban J connectivity index is 2.06. The van der Waals surface area contributed by atoms with E-state index in [4.69, 9.17) is 11.5 Å². The summed E-state index contributed by atoms with van der Waals surface area (Å²) in [5.41, 5.74) is 11.9. The van der Waals surface area contributed by atoms with E-state index in [1.807, 2.05) is 0 Å². The van der Waals surface area contributed by atoms with Gasteiger partial charge < -0.3 is 37.2 Å². The van der Waals surface area contributed by atoms with Crippen LogP contribution in [0.15, 0.2) is 0 Å². The maximum Gasteiger partial charge on any atom is 0.245 e. The number of nitrogens with zero attached hydrogens (tertiary/aromatic N) is 1. The number of β-amino-alcohol motifs (C(OH)–C–C–N with tert-alkyl or cyclic N) is 1. The van der Waals surface area contributed by atoms with Gasteiger partial charge in [-0.1, -0.05) is 33.1 Å². The van der Waals surface area contributed by atoms with Crippen molar-refractivity contribution in [3.63, 3.8) is 0 Å². The molecule has 1 aliphatic carbocycles. The van der Waals surface area contributed by atoms with Gasteiger partial charge in [-0.25, -0.2) is 0 Å². The van der Waals surface area contributed by atoms with Crippen LogP contribution in [0, 0.1) is 11.8 Å². The van der Waals surface area contributed by atoms with E-state index in [2.05, 4.69) is 10.6 Å². The van der Waals surface area contributed by atoms with E-state index < -0.39 is 42.1 Å². The number of Topliss-reactive ketones (excluding diaryl/α,β-unsaturated/α-hetero) is 1. The summed E-state index contributed by atoms with van der Waals surface area (Å²) >= 11 is 0. The smallest absolute Gasteiger partial charge is 0.245 e. The Bertz CT molecular complexity index is 770. The number of carbonyl (C=O) groups is 4. The van der Waals surface area contributed by atoms with Crippen LogP contribution in [-0.2, 0) is 19.2 Å². The molecule has 1 saturated heterocycles. The molecule has 0 radical (unpaired) electrons. The summed E-state index contributed by atoms with van der Waals surface area (Å²) < 4.78 is 0. The Hall–Kier alpha value is -2.08. The quantitative estimate of drug-likeness (QED) is 0.196. The predicted octanol–water partition coefficient (Wildman–Crippen LogP) is -0.830. The van der Waals surface area contributed by atoms with Crippen LogP contribution in [0.3, 0.4) is 0 Å². The van der Waals surface area contributed by atoms with Gasteiger partial charge in [-0.15, -0.1) is 0 Å². The van der Waals surface area contributed by atoms with Crippen molar-refractivity contribution >= 4 is 23.5 Å². The van der Waals surface area contributed by atoms with E-state index >= 15 is 0 Å². The summed E-state index contributed by atoms with van der Waals surface area (Å²) in [6.07, 6.45) is 3.51. The van der Waals surface area contributed by atoms with Gasteiger partial charge in [0.25, 0.3) is 0 Å². The average Bonchev–Trinajstić information content (AvgIpc) is 3.23. The first-order valence-electron chi connectivity index (χ1n) is 13.2. The lowest BCUT2D eigenvalue weighted by atomic mass is 9.83. The third-order valence-corrected chi connectivity index (χ3v) is 7.31. The maximum absolute atomic E-state index is 13.1. The molecule has 11 nitrogen and oxygen atoms in total. The molecule has 36 heavy (non-hydrogen) atoms. The maximum atomic E-state index is 13.1. The molecule has 0 spiro atoms. The van der Waals surface area contributed by atoms with Gasteiger partial charge in [-0.05, 0) is 38.6 Å². The molecular weight excluding hydrogens is 466 g/mol. The van der Waals surface area contributed by atoms with Gasteiger partial charge in [0.05, 0.1) is 18.2 Å². The molecule has 206 valence electrons. The highest BCUT2D eigenvalue weighted by Crippen LogP contribution is 2.28. The number of carbonyl (C=O) groups excluding carboxylic acids is 4. The minimum absolute atomic E-state index is 0.00130. The van der Waals surface area contributed by atoms with Crippen LogP contribution in [0.4, 0.5) is 0 Å². The first kappa shape index (κ1) is 30.1. The summed E-state index contributed by atoms with van der Waals surface area (Å²) in [5.74, 6) is -1.95. The molecular formula is C25H45N5O6. The van der Waals surface area contributed by atoms with E-state index in [9.17, 15) is 29.4 Å². The first-order valence-corrected chi connectivity index (χ1v) is 13.2. The molecule has 0 aromatic heterocycles. The Kier molecular flexibility index (Phi) is 11.7. The molecule has 2 rings (SSSR count). The predicted molar refractivity (Wildman–Crippen MR) is 134 cm³/mol. The lowest BCUT2D eigenvalue weighted by Crippen LogP contribution is -2.59. The molecule has 0 bridgehead atoms. The highest BCUT2D eigenvalue weighted by atomic mass is 16.3. The fraction of sp³-hybridized carbons (Fsp3) is 0.840. The summed E-state index contributed by atoms with van der Waals surface area (Å²) in [5, 5.41) is 25.5. The molecule has 0 aromatic carbocycles. The van der Waals surface area contributed by atoms with Gasteiger partial charge in [0.2, 0.25) is 17.7 Å². The van der Waals surface area contributed by atoms with Crippen molar-refractivity contribution in [3.8, 4) is 0 Å². The van der Waals surface area contributed by atoms with Crippen LogP contribution in [0.1, 0.15) is 72.1 Å². The number of aliphatic hydroxyl groups is 2. The van der Waals surface area contributed by atoms with Gasteiger partial charge in [-0.2, -0.15) is 0 Å². The largest absolute Gasteiger partial charge is 0.391 e. The second-order valence-electron chi connectivity index (χ2n) is 10.6. The van der Waals surface area contributed by atoms with Crippen molar-refractivity contribution in [2.24, 2.45) is 23.3 Å². The van der Waals surface area contributed by atoms with Crippen LogP contribution in [0.25, 0.3) is 0 Å². The van der Waals surface area contributed by atoms with Crippen LogP contribution in [-0.4, -0.2) is 88.1 Å². The van der Waals surface area contributed by atoms with E-state index in [0.29, 0.717) is 0 Å². The van der Waals surface area contributed by atoms with Crippen molar-refractivity contribution in [2.45, 2.75) is 109 Å². The Morgan fingerprint density at radius 1 is 1.06 bits per heavy atom. The highest BCUT2D eigenvalue weighted by molar-refractivity contribution is 5.95. The molecule has 1 heterocycles. The van der Waals surface area contributed by atoms with Crippen molar-refractivity contribution < 1.29 is 29.4 Å². The molecule has 8 N–H and O–H groups in total. The topological polar surface area (TPSA) is 188 Å². The van der Waals surface area contributed by atoms with Crippen LogP contribution in [0.5, 0.6) is 0 Å². The molecule has 1 saturated carbocycles. The van der Waals surface area contributed by atoms with E-state index in [0.717, 1.165) is 25.7 Å². The third kappa shape index (κ3) is 8.22. The second-order valence-corrected chi connectivity index (χ2v) is 10.6. The van der Waals surface area contributed by atoms with Gasteiger partial charge in [0.15, 0.2) is 5.78 Å². The summed E-state index contributed by atoms with van der Waals surface area (Å²) in [7, 11) is 0. The summed E-state index contributed by atoms with van der Waals surface area (Å²) in [6.45, 7) is 4.95. The number of nitrogens with two attached hydrogens (primary N) is 2. The number of hydrogen-bond acceptors (Lipinski definition) is 8. The number of nitrogens with one attached hydrogen (secondary N) is 2. The van der Waals surface area contributed by atoms with E-state index in [-0.39, 0.29) is 61.9 Å². The minimum atomic E-state index is -1.35. The first-order chi connectivity index (χ1) is 17.0. The summed E-state index contributed by atoms with van der Waals surface area (Å²) in [4.78, 5) is 52.9. The Labute approximate surface area is 213 Å². The second kappa shape index (κ2) is 14.0. The Morgan fingerprint density at radius 2 is 1.69 bits per heavy atom. The monoisotopic (exact) mass is 511 g/mol. The zero-order valence-corrected chi connectivity index (χ0v) is 21.8. The molecule has 1 aliphatic heterocycles. The number of rotatable bonds is 12. The molecule has 2 fully saturated rings. The normalized spacial score (nSPS) is 24.2. The molecule has 3 amide bonds. The van der Waals surface area contributed by atoms with Crippen LogP contribution >= 0.6 is 0 Å². The zero-order chi connectivity index (χ0) is 27.0. The fourth-order valence-corrected chi connectivity index (χ4v) is 5.16. The van der Waals surface area contributed by atoms with E-state index in [1.54, 1.807) is 13.8 Å². The van der Waals surface area contributed by atoms with Gasteiger partial charge in [0, 0.05) is 31.3 Å². The lowest BCUT2D eigenvalue weighted by molar-refractivity contribution is -0.141. The summed E-state index contributed by atoms with van der Waals surface area (Å²) in [6, 6.07) is -3.49. The van der Waals surface area contributed by atoms with Crippen molar-refractivity contribution in [2.75, 3.05) is 13.1 Å². The molecule has 11 heteroatoms. The van der Waals surface area contributed by atoms with Gasteiger partial charge in [0.1, 0.15) is 12.1 Å². The Morgan fingerprint density at radius 3 is 2.25 bits per heavy atom. The van der Waals surface area contributed by atoms with Crippen LogP contribution in [0.2, 0.25) is 0 Å². The third-order valence-electron chi connectivity index (χ3n) is 7.31. The molecule has 2 unspecified atom stereocenters. The highest BCUT2D eigenvalue weighted by Gasteiger charge is 2.41. The number of amides is 3. The standard InChI is InChI=1S/C25H45N5O6/c1-14(2)23(34)19(9-10-26)28-25(36)22(15(3)31)29-24(35)20-11-17(32)13-30(20)21(33)12-18(27)16-7-5-4-6-8-16/h14-20,22,31-32H,4-13,26-27H2,1-3H3,(H,28,36)(H,29,35)/t15?,17-,18?,19+,20+,22+/m1/s1. The van der Waals surface area contributed by atoms with Crippen molar-refractivity contribution in [1.82, 2.24) is 15.5 Å². The van der Waals surface area contributed by atoms with Gasteiger partial charge in [-0.3, -0.25) is 19.2 Å². The SMILES string of the molecule is CC(C)C(=O)[C@H](CCN)NC(=O)[C@@H](NC(=O)[C@@H]1C[C@@H](O)CN1C(=O)CC(N)C1CCCCC1)C(C)O. The molecule has 2 aliphatic rings. The molecule has 0 aromatic rings. The number of likely N-dealkylation sites (tertiary alicyclic amines) is 1. The fourth-order valence-electron chi connectivity index (χ4n) is 5.16. The van der Waals surface area contributed by atoms with Crippen molar-refractivity contribution in [3.05, 3.63) is 0 Å². The average molecular weight is 512 g/mol. The van der Waals surface area contributed by atoms with Crippen molar-refractivity contribution in [1.29, 1.82) is 0 Å². The lowest BCUT2D eigenvalue weighted by Gasteiger charge is -2.31. The molecule has 6 atom stereocenters. The number of ketones is 1. The number of aliphatic hydroxyl groups excluding tert-OH is 2. The van der Waals surface area contributed by atoms with Crippen LogP contribution < -0.4 is 22.1 Å². The minimum Gasteiger partial charge on any atom is -0.391 e. The van der Waals surface area contributed by atoms with Gasteiger partial charge >= 0.3 is 0 Å².